The third-order valence-electron chi connectivity index (χ3n) is 1.97. The number of carbonyl (C=O) groups is 1. The second-order valence-electron chi connectivity index (χ2n) is 3.38. The zero-order valence-corrected chi connectivity index (χ0v) is 11.4. The molecule has 0 bridgehead atoms. The van der Waals surface area contributed by atoms with Crippen molar-refractivity contribution in [3.05, 3.63) is 28.2 Å². The summed E-state index contributed by atoms with van der Waals surface area (Å²) in [4.78, 5) is 10.4. The van der Waals surface area contributed by atoms with E-state index in [-0.39, 0.29) is 5.75 Å². The average molecular weight is 323 g/mol. The van der Waals surface area contributed by atoms with Gasteiger partial charge in [-0.1, -0.05) is 15.9 Å². The van der Waals surface area contributed by atoms with Crippen LogP contribution >= 0.6 is 15.9 Å². The van der Waals surface area contributed by atoms with E-state index in [1.165, 1.54) is 7.11 Å². The smallest absolute Gasteiger partial charge is 0.318 e. The predicted molar refractivity (Wildman–Crippen MR) is 65.8 cm³/mol. The molecule has 0 radical (unpaired) electrons. The molecule has 94 valence electrons. The van der Waals surface area contributed by atoms with Crippen molar-refractivity contribution in [1.29, 1.82) is 0 Å². The van der Waals surface area contributed by atoms with E-state index in [1.807, 2.05) is 0 Å². The van der Waals surface area contributed by atoms with E-state index in [0.29, 0.717) is 15.8 Å². The molecule has 0 fully saturated rings. The molecule has 0 heterocycles. The van der Waals surface area contributed by atoms with Crippen molar-refractivity contribution in [1.82, 2.24) is 0 Å². The minimum atomic E-state index is -3.67. The highest BCUT2D eigenvalue weighted by Crippen LogP contribution is 2.24. The van der Waals surface area contributed by atoms with Gasteiger partial charge in [0, 0.05) is 4.47 Å². The van der Waals surface area contributed by atoms with Crippen molar-refractivity contribution in [2.24, 2.45) is 0 Å². The van der Waals surface area contributed by atoms with E-state index in [0.717, 1.165) is 0 Å². The number of benzene rings is 1. The van der Waals surface area contributed by atoms with Gasteiger partial charge < -0.3 is 9.84 Å². The van der Waals surface area contributed by atoms with Crippen LogP contribution in [-0.2, 0) is 20.4 Å². The molecule has 0 spiro atoms. The molecule has 7 heteroatoms. The molecular formula is C10H11BrO5S. The molecule has 0 aliphatic carbocycles. The van der Waals surface area contributed by atoms with E-state index < -0.39 is 21.6 Å². The maximum absolute atomic E-state index is 11.5. The van der Waals surface area contributed by atoms with Crippen molar-refractivity contribution in [2.75, 3.05) is 12.9 Å². The number of hydrogen-bond acceptors (Lipinski definition) is 4. The summed E-state index contributed by atoms with van der Waals surface area (Å²) >= 11 is 3.21. The number of methoxy groups -OCH3 is 1. The number of aliphatic carboxylic acids is 1. The molecule has 0 aliphatic rings. The van der Waals surface area contributed by atoms with Gasteiger partial charge in [-0.25, -0.2) is 8.42 Å². The van der Waals surface area contributed by atoms with Crippen LogP contribution in [-0.4, -0.2) is 32.4 Å². The van der Waals surface area contributed by atoms with E-state index in [1.54, 1.807) is 18.2 Å². The molecule has 0 saturated carbocycles. The second kappa shape index (κ2) is 5.50. The van der Waals surface area contributed by atoms with E-state index >= 15 is 0 Å². The van der Waals surface area contributed by atoms with Crippen molar-refractivity contribution < 1.29 is 23.1 Å². The monoisotopic (exact) mass is 322 g/mol. The van der Waals surface area contributed by atoms with E-state index in [2.05, 4.69) is 15.9 Å². The first-order chi connectivity index (χ1) is 7.84. The number of hydrogen-bond donors (Lipinski definition) is 1. The first-order valence-corrected chi connectivity index (χ1v) is 7.20. The number of carboxylic acids is 1. The van der Waals surface area contributed by atoms with Crippen LogP contribution in [0.1, 0.15) is 5.56 Å². The molecule has 5 nitrogen and oxygen atoms in total. The first kappa shape index (κ1) is 14.0. The van der Waals surface area contributed by atoms with Crippen molar-refractivity contribution in [3.8, 4) is 5.75 Å². The molecule has 0 unspecified atom stereocenters. The Kier molecular flexibility index (Phi) is 4.53. The fourth-order valence-corrected chi connectivity index (χ4v) is 3.03. The summed E-state index contributed by atoms with van der Waals surface area (Å²) in [5.74, 6) is -2.05. The van der Waals surface area contributed by atoms with Gasteiger partial charge in [0.05, 0.1) is 12.9 Å². The summed E-state index contributed by atoms with van der Waals surface area (Å²) in [7, 11) is -2.20. The van der Waals surface area contributed by atoms with Crippen LogP contribution < -0.4 is 4.74 Å². The quantitative estimate of drug-likeness (QED) is 0.887. The van der Waals surface area contributed by atoms with Crippen LogP contribution in [0, 0.1) is 0 Å². The Morgan fingerprint density at radius 2 is 2.12 bits per heavy atom. The van der Waals surface area contributed by atoms with Gasteiger partial charge in [0.2, 0.25) is 0 Å². The van der Waals surface area contributed by atoms with E-state index in [9.17, 15) is 13.2 Å². The molecule has 0 aliphatic heterocycles. The number of carboxylic acid groups (broad SMARTS) is 1. The average Bonchev–Trinajstić information content (AvgIpc) is 2.19. The van der Waals surface area contributed by atoms with E-state index in [4.69, 9.17) is 9.84 Å². The normalized spacial score (nSPS) is 11.2. The Morgan fingerprint density at radius 3 is 2.65 bits per heavy atom. The highest BCUT2D eigenvalue weighted by atomic mass is 79.9. The standard InChI is InChI=1S/C10H11BrO5S/c1-16-8-2-3-9(11)7(4-8)5-17(14,15)6-10(12)13/h2-4H,5-6H2,1H3,(H,12,13). The van der Waals surface area contributed by atoms with Crippen molar-refractivity contribution in [3.63, 3.8) is 0 Å². The van der Waals surface area contributed by atoms with Gasteiger partial charge in [-0.3, -0.25) is 4.79 Å². The lowest BCUT2D eigenvalue weighted by Gasteiger charge is -2.07. The van der Waals surface area contributed by atoms with Gasteiger partial charge in [-0.05, 0) is 23.8 Å². The molecule has 17 heavy (non-hydrogen) atoms. The lowest BCUT2D eigenvalue weighted by molar-refractivity contribution is -0.134. The van der Waals surface area contributed by atoms with Gasteiger partial charge in [0.25, 0.3) is 0 Å². The third-order valence-corrected chi connectivity index (χ3v) is 4.18. The highest BCUT2D eigenvalue weighted by molar-refractivity contribution is 9.10. The second-order valence-corrected chi connectivity index (χ2v) is 6.30. The molecule has 1 aromatic carbocycles. The SMILES string of the molecule is COc1ccc(Br)c(CS(=O)(=O)CC(=O)O)c1. The van der Waals surface area contributed by atoms with Crippen LogP contribution in [0.3, 0.4) is 0 Å². The Labute approximate surface area is 107 Å². The topological polar surface area (TPSA) is 80.7 Å². The summed E-state index contributed by atoms with van der Waals surface area (Å²) in [6.07, 6.45) is 0. The Balaban J connectivity index is 2.98. The fourth-order valence-electron chi connectivity index (χ4n) is 1.26. The summed E-state index contributed by atoms with van der Waals surface area (Å²) in [6, 6.07) is 4.89. The molecule has 0 aromatic heterocycles. The van der Waals surface area contributed by atoms with Gasteiger partial charge in [0.1, 0.15) is 11.5 Å². The fraction of sp³-hybridized carbons (Fsp3) is 0.300. The van der Waals surface area contributed by atoms with Crippen LogP contribution in [0.25, 0.3) is 0 Å². The van der Waals surface area contributed by atoms with Crippen molar-refractivity contribution in [2.45, 2.75) is 5.75 Å². The minimum absolute atomic E-state index is 0.336. The van der Waals surface area contributed by atoms with Gasteiger partial charge >= 0.3 is 5.97 Å². The molecule has 0 amide bonds. The van der Waals surface area contributed by atoms with Gasteiger partial charge in [-0.15, -0.1) is 0 Å². The van der Waals surface area contributed by atoms with Crippen LogP contribution in [0.15, 0.2) is 22.7 Å². The predicted octanol–water partition coefficient (Wildman–Crippen LogP) is 1.46. The Bertz CT molecular complexity index is 523. The third kappa shape index (κ3) is 4.35. The summed E-state index contributed by atoms with van der Waals surface area (Å²) in [5.41, 5.74) is 0.477. The largest absolute Gasteiger partial charge is 0.497 e. The van der Waals surface area contributed by atoms with Crippen LogP contribution in [0.5, 0.6) is 5.75 Å². The molecule has 0 saturated heterocycles. The number of ether oxygens (including phenoxy) is 1. The molecule has 1 N–H and O–H groups in total. The molecular weight excluding hydrogens is 312 g/mol. The molecule has 0 atom stereocenters. The van der Waals surface area contributed by atoms with Gasteiger partial charge in [-0.2, -0.15) is 0 Å². The highest BCUT2D eigenvalue weighted by Gasteiger charge is 2.18. The Morgan fingerprint density at radius 1 is 1.47 bits per heavy atom. The number of rotatable bonds is 5. The summed E-state index contributed by atoms with van der Waals surface area (Å²) in [5, 5.41) is 8.48. The van der Waals surface area contributed by atoms with Gasteiger partial charge in [0.15, 0.2) is 9.84 Å². The molecule has 1 aromatic rings. The minimum Gasteiger partial charge on any atom is -0.497 e. The van der Waals surface area contributed by atoms with Crippen LogP contribution in [0.2, 0.25) is 0 Å². The Hall–Kier alpha value is -1.08. The molecule has 1 rings (SSSR count). The maximum atomic E-state index is 11.5. The lowest BCUT2D eigenvalue weighted by Crippen LogP contribution is -2.17. The zero-order chi connectivity index (χ0) is 13.1. The number of halogens is 1. The summed E-state index contributed by atoms with van der Waals surface area (Å²) in [6.45, 7) is 0. The number of sulfone groups is 1. The lowest BCUT2D eigenvalue weighted by atomic mass is 10.2. The van der Waals surface area contributed by atoms with Crippen LogP contribution in [0.4, 0.5) is 0 Å². The maximum Gasteiger partial charge on any atom is 0.318 e. The first-order valence-electron chi connectivity index (χ1n) is 4.58. The van der Waals surface area contributed by atoms with Crippen molar-refractivity contribution >= 4 is 31.7 Å². The summed E-state index contributed by atoms with van der Waals surface area (Å²) < 4.78 is 28.6. The zero-order valence-electron chi connectivity index (χ0n) is 9.01.